The molecule has 0 saturated heterocycles. The number of ketones is 1. The van der Waals surface area contributed by atoms with E-state index >= 15 is 0 Å². The van der Waals surface area contributed by atoms with Crippen molar-refractivity contribution in [1.29, 1.82) is 0 Å². The molecule has 0 bridgehead atoms. The third-order valence-electron chi connectivity index (χ3n) is 4.10. The summed E-state index contributed by atoms with van der Waals surface area (Å²) in [6.45, 7) is 2.83. The van der Waals surface area contributed by atoms with Crippen molar-refractivity contribution in [2.45, 2.75) is 19.4 Å². The second-order valence-electron chi connectivity index (χ2n) is 6.59. The fourth-order valence-electron chi connectivity index (χ4n) is 2.69. The lowest BCUT2D eigenvalue weighted by molar-refractivity contribution is -0.158. The SMILES string of the molecule is CC(C)(Oc1ccc(Cl)cc1)C(=O)OCC(=O)c1cccc2ccccc12. The fraction of sp³-hybridized carbons (Fsp3) is 0.182. The third kappa shape index (κ3) is 4.47. The quantitative estimate of drug-likeness (QED) is 0.441. The van der Waals surface area contributed by atoms with Crippen molar-refractivity contribution < 1.29 is 19.1 Å². The van der Waals surface area contributed by atoms with Crippen molar-refractivity contribution in [2.75, 3.05) is 6.61 Å². The predicted octanol–water partition coefficient (Wildman–Crippen LogP) is 5.08. The average Bonchev–Trinajstić information content (AvgIpc) is 2.67. The standard InChI is InChI=1S/C22H19ClO4/c1-22(2,27-17-12-10-16(23)11-13-17)21(25)26-14-20(24)19-9-5-7-15-6-3-4-8-18(15)19/h3-13H,14H2,1-2H3. The molecule has 4 nitrogen and oxygen atoms in total. The molecule has 138 valence electrons. The summed E-state index contributed by atoms with van der Waals surface area (Å²) in [4.78, 5) is 25.0. The zero-order valence-corrected chi connectivity index (χ0v) is 15.8. The highest BCUT2D eigenvalue weighted by Crippen LogP contribution is 2.22. The van der Waals surface area contributed by atoms with Gasteiger partial charge in [0.25, 0.3) is 0 Å². The number of ether oxygens (including phenoxy) is 2. The Morgan fingerprint density at radius 3 is 2.33 bits per heavy atom. The molecule has 0 radical (unpaired) electrons. The second-order valence-corrected chi connectivity index (χ2v) is 7.03. The van der Waals surface area contributed by atoms with Gasteiger partial charge in [0, 0.05) is 10.6 Å². The Kier molecular flexibility index (Phi) is 5.47. The molecule has 0 heterocycles. The molecule has 0 aromatic heterocycles. The van der Waals surface area contributed by atoms with E-state index in [0.717, 1.165) is 10.8 Å². The molecule has 27 heavy (non-hydrogen) atoms. The zero-order valence-electron chi connectivity index (χ0n) is 15.1. The van der Waals surface area contributed by atoms with E-state index in [9.17, 15) is 9.59 Å². The Balaban J connectivity index is 1.67. The number of rotatable bonds is 6. The van der Waals surface area contributed by atoms with Crippen LogP contribution in [-0.2, 0) is 9.53 Å². The van der Waals surface area contributed by atoms with Gasteiger partial charge in [0.15, 0.2) is 12.2 Å². The van der Waals surface area contributed by atoms with Gasteiger partial charge in [0.2, 0.25) is 5.78 Å². The number of Topliss-reactive ketones (excluding diaryl/α,β-unsaturated/α-hetero) is 1. The van der Waals surface area contributed by atoms with Gasteiger partial charge >= 0.3 is 5.97 Å². The maximum Gasteiger partial charge on any atom is 0.350 e. The van der Waals surface area contributed by atoms with Gasteiger partial charge in [-0.3, -0.25) is 4.79 Å². The monoisotopic (exact) mass is 382 g/mol. The van der Waals surface area contributed by atoms with Gasteiger partial charge < -0.3 is 9.47 Å². The largest absolute Gasteiger partial charge is 0.476 e. The van der Waals surface area contributed by atoms with Gasteiger partial charge in [0.1, 0.15) is 5.75 Å². The van der Waals surface area contributed by atoms with Crippen LogP contribution in [0.1, 0.15) is 24.2 Å². The molecular formula is C22H19ClO4. The second kappa shape index (κ2) is 7.80. The van der Waals surface area contributed by atoms with Gasteiger partial charge in [-0.25, -0.2) is 4.79 Å². The Bertz CT molecular complexity index is 972. The first kappa shape index (κ1) is 18.9. The van der Waals surface area contributed by atoms with Crippen LogP contribution in [0.2, 0.25) is 5.02 Å². The number of carbonyl (C=O) groups is 2. The molecule has 0 spiro atoms. The number of fused-ring (bicyclic) bond motifs is 1. The molecule has 0 saturated carbocycles. The molecule has 3 rings (SSSR count). The third-order valence-corrected chi connectivity index (χ3v) is 4.35. The molecule has 0 atom stereocenters. The lowest BCUT2D eigenvalue weighted by Gasteiger charge is -2.24. The van der Waals surface area contributed by atoms with Crippen LogP contribution < -0.4 is 4.74 Å². The Hall–Kier alpha value is -2.85. The summed E-state index contributed by atoms with van der Waals surface area (Å²) in [6, 6.07) is 19.7. The smallest absolute Gasteiger partial charge is 0.350 e. The number of esters is 1. The van der Waals surface area contributed by atoms with E-state index in [-0.39, 0.29) is 12.4 Å². The van der Waals surface area contributed by atoms with Crippen LogP contribution in [-0.4, -0.2) is 24.0 Å². The van der Waals surface area contributed by atoms with E-state index in [4.69, 9.17) is 21.1 Å². The fourth-order valence-corrected chi connectivity index (χ4v) is 2.82. The number of carbonyl (C=O) groups excluding carboxylic acids is 2. The first-order chi connectivity index (χ1) is 12.9. The Labute approximate surface area is 162 Å². The Morgan fingerprint density at radius 2 is 1.59 bits per heavy atom. The van der Waals surface area contributed by atoms with Crippen molar-refractivity contribution in [1.82, 2.24) is 0 Å². The number of benzene rings is 3. The molecule has 0 unspecified atom stereocenters. The van der Waals surface area contributed by atoms with Crippen molar-refractivity contribution in [3.8, 4) is 5.75 Å². The van der Waals surface area contributed by atoms with Gasteiger partial charge in [-0.1, -0.05) is 54.1 Å². The summed E-state index contributed by atoms with van der Waals surface area (Å²) in [6.07, 6.45) is 0. The molecule has 0 fully saturated rings. The minimum atomic E-state index is -1.24. The molecule has 3 aromatic carbocycles. The van der Waals surface area contributed by atoms with Crippen molar-refractivity contribution >= 4 is 34.1 Å². The molecule has 0 aliphatic rings. The molecule has 0 N–H and O–H groups in total. The van der Waals surface area contributed by atoms with E-state index in [2.05, 4.69) is 0 Å². The summed E-state index contributed by atoms with van der Waals surface area (Å²) in [5.41, 5.74) is -0.718. The van der Waals surface area contributed by atoms with Crippen LogP contribution >= 0.6 is 11.6 Å². The number of hydrogen-bond acceptors (Lipinski definition) is 4. The molecular weight excluding hydrogens is 364 g/mol. The van der Waals surface area contributed by atoms with E-state index in [1.807, 2.05) is 36.4 Å². The lowest BCUT2D eigenvalue weighted by atomic mass is 10.0. The van der Waals surface area contributed by atoms with Gasteiger partial charge in [0.05, 0.1) is 0 Å². The van der Waals surface area contributed by atoms with Crippen LogP contribution in [0.25, 0.3) is 10.8 Å². The van der Waals surface area contributed by atoms with Gasteiger partial charge in [-0.15, -0.1) is 0 Å². The number of hydrogen-bond donors (Lipinski definition) is 0. The summed E-state index contributed by atoms with van der Waals surface area (Å²) in [5, 5.41) is 2.36. The van der Waals surface area contributed by atoms with Crippen LogP contribution in [0.4, 0.5) is 0 Å². The van der Waals surface area contributed by atoms with Gasteiger partial charge in [-0.05, 0) is 48.9 Å². The van der Waals surface area contributed by atoms with E-state index in [0.29, 0.717) is 16.3 Å². The van der Waals surface area contributed by atoms with Crippen LogP contribution in [0.15, 0.2) is 66.7 Å². The predicted molar refractivity (Wildman–Crippen MR) is 105 cm³/mol. The number of halogens is 1. The summed E-state index contributed by atoms with van der Waals surface area (Å²) >= 11 is 5.85. The first-order valence-corrected chi connectivity index (χ1v) is 8.87. The summed E-state index contributed by atoms with van der Waals surface area (Å²) in [7, 11) is 0. The van der Waals surface area contributed by atoms with Crippen LogP contribution in [0.5, 0.6) is 5.75 Å². The van der Waals surface area contributed by atoms with E-state index in [1.165, 1.54) is 0 Å². The highest BCUT2D eigenvalue weighted by atomic mass is 35.5. The minimum absolute atomic E-state index is 0.262. The van der Waals surface area contributed by atoms with Crippen molar-refractivity contribution in [3.05, 3.63) is 77.3 Å². The van der Waals surface area contributed by atoms with E-state index < -0.39 is 11.6 Å². The zero-order chi connectivity index (χ0) is 19.4. The molecule has 0 amide bonds. The highest BCUT2D eigenvalue weighted by molar-refractivity contribution is 6.30. The normalized spacial score (nSPS) is 11.2. The van der Waals surface area contributed by atoms with Gasteiger partial charge in [-0.2, -0.15) is 0 Å². The topological polar surface area (TPSA) is 52.6 Å². The molecule has 0 aliphatic heterocycles. The summed E-state index contributed by atoms with van der Waals surface area (Å²) in [5.74, 6) is -0.393. The Morgan fingerprint density at radius 1 is 0.926 bits per heavy atom. The van der Waals surface area contributed by atoms with E-state index in [1.54, 1.807) is 44.2 Å². The average molecular weight is 383 g/mol. The maximum absolute atomic E-state index is 12.6. The molecule has 5 heteroatoms. The minimum Gasteiger partial charge on any atom is -0.476 e. The van der Waals surface area contributed by atoms with Crippen LogP contribution in [0.3, 0.4) is 0 Å². The van der Waals surface area contributed by atoms with Crippen molar-refractivity contribution in [2.24, 2.45) is 0 Å². The lowest BCUT2D eigenvalue weighted by Crippen LogP contribution is -2.40. The van der Waals surface area contributed by atoms with Crippen LogP contribution in [0, 0.1) is 0 Å². The first-order valence-electron chi connectivity index (χ1n) is 8.49. The molecule has 3 aromatic rings. The highest BCUT2D eigenvalue weighted by Gasteiger charge is 2.32. The molecule has 0 aliphatic carbocycles. The summed E-state index contributed by atoms with van der Waals surface area (Å²) < 4.78 is 10.9. The van der Waals surface area contributed by atoms with Crippen molar-refractivity contribution in [3.63, 3.8) is 0 Å². The maximum atomic E-state index is 12.6.